The molecular formula is C22H42B. The third kappa shape index (κ3) is 9.83. The van der Waals surface area contributed by atoms with Crippen LogP contribution in [0.4, 0.5) is 0 Å². The molecule has 2 aliphatic rings. The van der Waals surface area contributed by atoms with E-state index in [1.54, 1.807) is 0 Å². The van der Waals surface area contributed by atoms with Crippen LogP contribution in [0.1, 0.15) is 128 Å². The maximum atomic E-state index is 2.85. The molecule has 0 aromatic carbocycles. The Balaban J connectivity index is 1.75. The third-order valence-corrected chi connectivity index (χ3v) is 6.34. The van der Waals surface area contributed by atoms with Gasteiger partial charge in [-0.25, -0.2) is 0 Å². The molecule has 1 radical (unpaired) electrons. The summed E-state index contributed by atoms with van der Waals surface area (Å²) in [6, 6.07) is 0. The van der Waals surface area contributed by atoms with Gasteiger partial charge in [0.15, 0.2) is 0 Å². The quantitative estimate of drug-likeness (QED) is 0.451. The lowest BCUT2D eigenvalue weighted by atomic mass is 9.50. The summed E-state index contributed by atoms with van der Waals surface area (Å²) in [5, 5.41) is 0. The molecule has 0 nitrogen and oxygen atoms in total. The van der Waals surface area contributed by atoms with Crippen LogP contribution in [0, 0.1) is 0 Å². The molecule has 23 heavy (non-hydrogen) atoms. The minimum atomic E-state index is 0.946. The maximum absolute atomic E-state index is 2.85. The van der Waals surface area contributed by atoms with Crippen molar-refractivity contribution in [1.82, 2.24) is 0 Å². The van der Waals surface area contributed by atoms with Gasteiger partial charge in [0.1, 0.15) is 7.28 Å². The highest BCUT2D eigenvalue weighted by atomic mass is 14.1. The number of rotatable bonds is 2. The van der Waals surface area contributed by atoms with Crippen molar-refractivity contribution >= 4 is 7.28 Å². The lowest BCUT2D eigenvalue weighted by Gasteiger charge is -2.22. The Bertz CT molecular complexity index is 239. The first-order chi connectivity index (χ1) is 11.4. The normalized spacial score (nSPS) is 25.9. The molecule has 0 amide bonds. The van der Waals surface area contributed by atoms with Gasteiger partial charge >= 0.3 is 0 Å². The molecule has 0 aliphatic heterocycles. The summed E-state index contributed by atoms with van der Waals surface area (Å²) in [7, 11) is 2.85. The molecule has 0 atom stereocenters. The van der Waals surface area contributed by atoms with Gasteiger partial charge in [0, 0.05) is 0 Å². The lowest BCUT2D eigenvalue weighted by Crippen LogP contribution is -2.12. The van der Waals surface area contributed by atoms with Gasteiger partial charge in [-0.1, -0.05) is 140 Å². The van der Waals surface area contributed by atoms with Crippen molar-refractivity contribution in [2.24, 2.45) is 0 Å². The first-order valence-electron chi connectivity index (χ1n) is 11.3. The van der Waals surface area contributed by atoms with Crippen molar-refractivity contribution in [2.75, 3.05) is 0 Å². The summed E-state index contributed by atoms with van der Waals surface area (Å²) in [5.41, 5.74) is 0. The second-order valence-electron chi connectivity index (χ2n) is 8.52. The van der Waals surface area contributed by atoms with E-state index in [0.717, 1.165) is 11.6 Å². The molecule has 0 N–H and O–H groups in total. The van der Waals surface area contributed by atoms with Crippen LogP contribution >= 0.6 is 0 Å². The van der Waals surface area contributed by atoms with Crippen LogP contribution in [0.15, 0.2) is 0 Å². The zero-order valence-corrected chi connectivity index (χ0v) is 15.9. The summed E-state index contributed by atoms with van der Waals surface area (Å²) in [6.45, 7) is 0. The molecule has 0 saturated heterocycles. The van der Waals surface area contributed by atoms with E-state index in [4.69, 9.17) is 0 Å². The third-order valence-electron chi connectivity index (χ3n) is 6.34. The van der Waals surface area contributed by atoms with Gasteiger partial charge in [-0.15, -0.1) is 0 Å². The van der Waals surface area contributed by atoms with Crippen molar-refractivity contribution in [3.8, 4) is 0 Å². The van der Waals surface area contributed by atoms with Crippen molar-refractivity contribution in [1.29, 1.82) is 0 Å². The highest BCUT2D eigenvalue weighted by Gasteiger charge is 2.18. The van der Waals surface area contributed by atoms with Gasteiger partial charge in [0.25, 0.3) is 0 Å². The van der Waals surface area contributed by atoms with Crippen molar-refractivity contribution in [2.45, 2.75) is 140 Å². The lowest BCUT2D eigenvalue weighted by molar-refractivity contribution is 0.543. The fourth-order valence-corrected chi connectivity index (χ4v) is 4.81. The zero-order valence-electron chi connectivity index (χ0n) is 15.9. The van der Waals surface area contributed by atoms with Crippen molar-refractivity contribution in [3.05, 3.63) is 0 Å². The Morgan fingerprint density at radius 1 is 0.304 bits per heavy atom. The van der Waals surface area contributed by atoms with E-state index < -0.39 is 0 Å². The van der Waals surface area contributed by atoms with E-state index in [1.807, 2.05) is 0 Å². The van der Waals surface area contributed by atoms with Crippen LogP contribution in [-0.2, 0) is 0 Å². The van der Waals surface area contributed by atoms with Gasteiger partial charge in [-0.05, 0) is 0 Å². The topological polar surface area (TPSA) is 0 Å². The summed E-state index contributed by atoms with van der Waals surface area (Å²) in [4.78, 5) is 0. The van der Waals surface area contributed by atoms with Crippen LogP contribution < -0.4 is 0 Å². The molecule has 133 valence electrons. The predicted molar refractivity (Wildman–Crippen MR) is 106 cm³/mol. The second-order valence-corrected chi connectivity index (χ2v) is 8.52. The Kier molecular flexibility index (Phi) is 11.3. The number of hydrogen-bond acceptors (Lipinski definition) is 0. The minimum absolute atomic E-state index is 0.946. The van der Waals surface area contributed by atoms with E-state index in [-0.39, 0.29) is 0 Å². The average Bonchev–Trinajstić information content (AvgIpc) is 2.70. The fourth-order valence-electron chi connectivity index (χ4n) is 4.81. The SMILES string of the molecule is [B](C1CCCCCCCCCCCC1)C1CCCCCCCC1. The molecule has 0 aromatic rings. The molecule has 0 unspecified atom stereocenters. The minimum Gasteiger partial charge on any atom is -0.0686 e. The number of hydrogen-bond donors (Lipinski definition) is 0. The van der Waals surface area contributed by atoms with Gasteiger partial charge < -0.3 is 0 Å². The van der Waals surface area contributed by atoms with E-state index in [2.05, 4.69) is 7.28 Å². The van der Waals surface area contributed by atoms with Gasteiger partial charge in [-0.3, -0.25) is 0 Å². The molecule has 0 heterocycles. The van der Waals surface area contributed by atoms with Crippen LogP contribution in [0.5, 0.6) is 0 Å². The van der Waals surface area contributed by atoms with Gasteiger partial charge in [0.2, 0.25) is 0 Å². The van der Waals surface area contributed by atoms with Gasteiger partial charge in [0.05, 0.1) is 0 Å². The Labute approximate surface area is 147 Å². The van der Waals surface area contributed by atoms with Crippen LogP contribution in [0.3, 0.4) is 0 Å². The molecule has 0 bridgehead atoms. The van der Waals surface area contributed by atoms with Crippen molar-refractivity contribution in [3.63, 3.8) is 0 Å². The van der Waals surface area contributed by atoms with Crippen LogP contribution in [-0.4, -0.2) is 7.28 Å². The zero-order chi connectivity index (χ0) is 16.0. The van der Waals surface area contributed by atoms with E-state index >= 15 is 0 Å². The van der Waals surface area contributed by atoms with E-state index in [9.17, 15) is 0 Å². The Hall–Kier alpha value is 0.0649. The smallest absolute Gasteiger partial charge is 0.0686 e. The molecule has 2 saturated carbocycles. The molecule has 2 rings (SSSR count). The molecule has 2 fully saturated rings. The summed E-state index contributed by atoms with van der Waals surface area (Å²) < 4.78 is 0. The Morgan fingerprint density at radius 3 is 0.783 bits per heavy atom. The first-order valence-corrected chi connectivity index (χ1v) is 11.3. The monoisotopic (exact) mass is 317 g/mol. The summed E-state index contributed by atoms with van der Waals surface area (Å²) in [5.74, 6) is 1.90. The molecule has 0 aromatic heterocycles. The standard InChI is InChI=1S/C22H42B/c1-2-4-6-10-14-18-21(17-13-9-5-3-1)23-22-19-15-11-7-8-12-16-20-22/h21-22H,1-20H2. The molecule has 2 aliphatic carbocycles. The first kappa shape index (κ1) is 19.4. The Morgan fingerprint density at radius 2 is 0.522 bits per heavy atom. The highest BCUT2D eigenvalue weighted by molar-refractivity contribution is 6.39. The van der Waals surface area contributed by atoms with E-state index in [0.29, 0.717) is 0 Å². The highest BCUT2D eigenvalue weighted by Crippen LogP contribution is 2.33. The predicted octanol–water partition coefficient (Wildman–Crippen LogP) is 8.10. The average molecular weight is 317 g/mol. The fraction of sp³-hybridized carbons (Fsp3) is 1.00. The summed E-state index contributed by atoms with van der Waals surface area (Å²) >= 11 is 0. The van der Waals surface area contributed by atoms with Crippen LogP contribution in [0.2, 0.25) is 11.6 Å². The molecule has 1 heteroatoms. The maximum Gasteiger partial charge on any atom is 0.117 e. The second kappa shape index (κ2) is 13.4. The molecular weight excluding hydrogens is 275 g/mol. The van der Waals surface area contributed by atoms with E-state index in [1.165, 1.54) is 128 Å². The van der Waals surface area contributed by atoms with Crippen molar-refractivity contribution < 1.29 is 0 Å². The largest absolute Gasteiger partial charge is 0.117 e. The van der Waals surface area contributed by atoms with Crippen LogP contribution in [0.25, 0.3) is 0 Å². The molecule has 0 spiro atoms. The summed E-state index contributed by atoms with van der Waals surface area (Å²) in [6.07, 6.45) is 29.9. The van der Waals surface area contributed by atoms with Gasteiger partial charge in [-0.2, -0.15) is 0 Å².